The number of alkyl halides is 3. The SMILES string of the molecule is O=CN(CCCNc1nc(Nc2ccc3c(c2)CCNC3)ncc1C(F)(F)F)C1CCC1. The molecule has 32 heavy (non-hydrogen) atoms. The zero-order chi connectivity index (χ0) is 22.6. The van der Waals surface area contributed by atoms with E-state index in [0.29, 0.717) is 13.0 Å². The number of nitrogens with zero attached hydrogens (tertiary/aromatic N) is 3. The van der Waals surface area contributed by atoms with Crippen LogP contribution in [0.25, 0.3) is 0 Å². The standard InChI is InChI=1S/C22H27F3N6O/c23-22(24,25)19-13-28-21(29-17-6-5-16-12-26-9-7-15(16)11-17)30-20(19)27-8-2-10-31(14-32)18-3-1-4-18/h5-6,11,13-14,18,26H,1-4,7-10,12H2,(H2,27,28,29,30). The van der Waals surface area contributed by atoms with Gasteiger partial charge in [-0.2, -0.15) is 18.2 Å². The number of rotatable bonds is 9. The van der Waals surface area contributed by atoms with Crippen LogP contribution in [0.15, 0.2) is 24.4 Å². The number of carbonyl (C=O) groups is 1. The number of aromatic nitrogens is 2. The zero-order valence-electron chi connectivity index (χ0n) is 17.7. The molecule has 172 valence electrons. The molecular formula is C22H27F3N6O. The summed E-state index contributed by atoms with van der Waals surface area (Å²) in [6.07, 6.45) is 1.57. The van der Waals surface area contributed by atoms with Gasteiger partial charge in [0.05, 0.1) is 0 Å². The first-order valence-corrected chi connectivity index (χ1v) is 10.9. The fourth-order valence-electron chi connectivity index (χ4n) is 3.98. The number of nitrogens with one attached hydrogen (secondary N) is 3. The summed E-state index contributed by atoms with van der Waals surface area (Å²) in [6, 6.07) is 6.11. The van der Waals surface area contributed by atoms with Crippen molar-refractivity contribution in [2.75, 3.05) is 30.3 Å². The molecule has 2 heterocycles. The molecule has 1 fully saturated rings. The van der Waals surface area contributed by atoms with E-state index >= 15 is 0 Å². The summed E-state index contributed by atoms with van der Waals surface area (Å²) in [6.45, 7) is 2.47. The lowest BCUT2D eigenvalue weighted by Gasteiger charge is -2.34. The molecule has 4 rings (SSSR count). The smallest absolute Gasteiger partial charge is 0.369 e. The molecule has 0 saturated heterocycles. The quantitative estimate of drug-likeness (QED) is 0.401. The van der Waals surface area contributed by atoms with E-state index in [1.165, 1.54) is 11.1 Å². The number of carbonyl (C=O) groups excluding carboxylic acids is 1. The van der Waals surface area contributed by atoms with Gasteiger partial charge in [0.25, 0.3) is 0 Å². The van der Waals surface area contributed by atoms with E-state index in [1.807, 2.05) is 18.2 Å². The first-order chi connectivity index (χ1) is 15.4. The maximum atomic E-state index is 13.4. The summed E-state index contributed by atoms with van der Waals surface area (Å²) < 4.78 is 40.3. The van der Waals surface area contributed by atoms with Crippen LogP contribution in [0.2, 0.25) is 0 Å². The molecule has 0 atom stereocenters. The average Bonchev–Trinajstić information content (AvgIpc) is 2.73. The second kappa shape index (κ2) is 9.72. The first-order valence-electron chi connectivity index (χ1n) is 10.9. The molecule has 1 saturated carbocycles. The van der Waals surface area contributed by atoms with Crippen molar-refractivity contribution in [3.63, 3.8) is 0 Å². The molecule has 2 aliphatic rings. The molecule has 0 bridgehead atoms. The van der Waals surface area contributed by atoms with Gasteiger partial charge in [0.2, 0.25) is 12.4 Å². The van der Waals surface area contributed by atoms with Crippen molar-refractivity contribution in [2.24, 2.45) is 0 Å². The molecule has 1 aliphatic heterocycles. The van der Waals surface area contributed by atoms with Crippen molar-refractivity contribution in [3.05, 3.63) is 41.1 Å². The van der Waals surface area contributed by atoms with Gasteiger partial charge in [0.1, 0.15) is 11.4 Å². The van der Waals surface area contributed by atoms with Crippen LogP contribution in [0, 0.1) is 0 Å². The molecule has 0 radical (unpaired) electrons. The highest BCUT2D eigenvalue weighted by Gasteiger charge is 2.35. The van der Waals surface area contributed by atoms with E-state index in [1.54, 1.807) is 4.90 Å². The van der Waals surface area contributed by atoms with Crippen molar-refractivity contribution in [3.8, 4) is 0 Å². The number of hydrogen-bond acceptors (Lipinski definition) is 6. The summed E-state index contributed by atoms with van der Waals surface area (Å²) in [4.78, 5) is 20.9. The van der Waals surface area contributed by atoms with Gasteiger partial charge in [-0.1, -0.05) is 6.07 Å². The van der Waals surface area contributed by atoms with Crippen LogP contribution in [0.4, 0.5) is 30.6 Å². The van der Waals surface area contributed by atoms with Crippen molar-refractivity contribution >= 4 is 23.9 Å². The van der Waals surface area contributed by atoms with Gasteiger partial charge < -0.3 is 20.9 Å². The summed E-state index contributed by atoms with van der Waals surface area (Å²) in [7, 11) is 0. The van der Waals surface area contributed by atoms with E-state index in [9.17, 15) is 18.0 Å². The van der Waals surface area contributed by atoms with Crippen LogP contribution in [-0.2, 0) is 23.9 Å². The summed E-state index contributed by atoms with van der Waals surface area (Å²) >= 11 is 0. The molecule has 0 unspecified atom stereocenters. The predicted molar refractivity (Wildman–Crippen MR) is 116 cm³/mol. The van der Waals surface area contributed by atoms with Gasteiger partial charge in [-0.25, -0.2) is 4.98 Å². The maximum Gasteiger partial charge on any atom is 0.421 e. The minimum Gasteiger partial charge on any atom is -0.369 e. The molecule has 1 aromatic carbocycles. The van der Waals surface area contributed by atoms with E-state index in [4.69, 9.17) is 0 Å². The minimum atomic E-state index is -4.57. The Balaban J connectivity index is 1.43. The topological polar surface area (TPSA) is 82.2 Å². The largest absolute Gasteiger partial charge is 0.421 e. The number of anilines is 3. The van der Waals surface area contributed by atoms with Crippen molar-refractivity contribution in [1.29, 1.82) is 0 Å². The highest BCUT2D eigenvalue weighted by Crippen LogP contribution is 2.34. The maximum absolute atomic E-state index is 13.4. The molecule has 10 heteroatoms. The molecule has 0 spiro atoms. The third-order valence-corrected chi connectivity index (χ3v) is 6.01. The van der Waals surface area contributed by atoms with Gasteiger partial charge in [0, 0.05) is 37.6 Å². The Morgan fingerprint density at radius 3 is 2.81 bits per heavy atom. The fraction of sp³-hybridized carbons (Fsp3) is 0.500. The Morgan fingerprint density at radius 2 is 2.09 bits per heavy atom. The lowest BCUT2D eigenvalue weighted by atomic mass is 9.92. The van der Waals surface area contributed by atoms with Crippen LogP contribution in [0.3, 0.4) is 0 Å². The third-order valence-electron chi connectivity index (χ3n) is 6.01. The molecule has 1 aliphatic carbocycles. The summed E-state index contributed by atoms with van der Waals surface area (Å²) in [5, 5.41) is 9.11. The zero-order valence-corrected chi connectivity index (χ0v) is 17.7. The van der Waals surface area contributed by atoms with Gasteiger partial charge in [-0.05, 0) is 61.9 Å². The molecule has 1 aromatic heterocycles. The number of amides is 1. The Hall–Kier alpha value is -2.88. The van der Waals surface area contributed by atoms with E-state index < -0.39 is 11.7 Å². The van der Waals surface area contributed by atoms with E-state index in [-0.39, 0.29) is 24.4 Å². The second-order valence-electron chi connectivity index (χ2n) is 8.20. The molecule has 3 N–H and O–H groups in total. The monoisotopic (exact) mass is 448 g/mol. The lowest BCUT2D eigenvalue weighted by Crippen LogP contribution is -2.40. The molecule has 7 nitrogen and oxygen atoms in total. The van der Waals surface area contributed by atoms with E-state index in [2.05, 4.69) is 25.9 Å². The Labute approximate surface area is 184 Å². The van der Waals surface area contributed by atoms with Crippen molar-refractivity contribution < 1.29 is 18.0 Å². The minimum absolute atomic E-state index is 0.0957. The third kappa shape index (κ3) is 5.29. The summed E-state index contributed by atoms with van der Waals surface area (Å²) in [5.41, 5.74) is 2.23. The number of fused-ring (bicyclic) bond motifs is 1. The highest BCUT2D eigenvalue weighted by atomic mass is 19.4. The molecule has 2 aromatic rings. The Kier molecular flexibility index (Phi) is 6.78. The number of hydrogen-bond donors (Lipinski definition) is 3. The van der Waals surface area contributed by atoms with Crippen LogP contribution < -0.4 is 16.0 Å². The van der Waals surface area contributed by atoms with Crippen LogP contribution >= 0.6 is 0 Å². The normalized spacial score (nSPS) is 16.1. The molecule has 1 amide bonds. The lowest BCUT2D eigenvalue weighted by molar-refractivity contribution is -0.137. The fourth-order valence-corrected chi connectivity index (χ4v) is 3.98. The van der Waals surface area contributed by atoms with Crippen molar-refractivity contribution in [1.82, 2.24) is 20.2 Å². The first kappa shape index (κ1) is 22.3. The van der Waals surface area contributed by atoms with Crippen LogP contribution in [0.5, 0.6) is 0 Å². The Bertz CT molecular complexity index is 948. The van der Waals surface area contributed by atoms with Gasteiger partial charge in [-0.3, -0.25) is 4.79 Å². The Morgan fingerprint density at radius 1 is 1.25 bits per heavy atom. The highest BCUT2D eigenvalue weighted by molar-refractivity contribution is 5.58. The number of benzene rings is 1. The van der Waals surface area contributed by atoms with Crippen molar-refractivity contribution in [2.45, 2.75) is 50.9 Å². The number of halogens is 3. The second-order valence-corrected chi connectivity index (χ2v) is 8.20. The average molecular weight is 448 g/mol. The predicted octanol–water partition coefficient (Wildman–Crippen LogP) is 3.70. The van der Waals surface area contributed by atoms with Gasteiger partial charge >= 0.3 is 6.18 Å². The van der Waals surface area contributed by atoms with Gasteiger partial charge in [0.15, 0.2) is 0 Å². The molecular weight excluding hydrogens is 421 g/mol. The van der Waals surface area contributed by atoms with E-state index in [0.717, 1.165) is 57.1 Å². The van der Waals surface area contributed by atoms with Crippen LogP contribution in [-0.4, -0.2) is 47.0 Å². The van der Waals surface area contributed by atoms with Crippen LogP contribution in [0.1, 0.15) is 42.4 Å². The summed E-state index contributed by atoms with van der Waals surface area (Å²) in [5.74, 6) is -0.170. The van der Waals surface area contributed by atoms with Gasteiger partial charge in [-0.15, -0.1) is 0 Å².